The standard InChI is InChI=1S/C11H8F3N3O2/c12-11(13,14)4-3-8(18)10-17-16-9(19-10)7-2-1-5-15-6-7/h1-2,5-6H,3-4H2. The average Bonchev–Trinajstić information content (AvgIpc) is 2.86. The van der Waals surface area contributed by atoms with Crippen molar-refractivity contribution in [3.8, 4) is 11.5 Å². The van der Waals surface area contributed by atoms with Gasteiger partial charge in [-0.05, 0) is 12.1 Å². The molecule has 0 saturated carbocycles. The summed E-state index contributed by atoms with van der Waals surface area (Å²) in [4.78, 5) is 15.2. The second-order valence-corrected chi connectivity index (χ2v) is 3.69. The summed E-state index contributed by atoms with van der Waals surface area (Å²) in [6, 6.07) is 3.26. The van der Waals surface area contributed by atoms with Gasteiger partial charge in [0.2, 0.25) is 11.7 Å². The van der Waals surface area contributed by atoms with Gasteiger partial charge in [0, 0.05) is 18.8 Å². The third kappa shape index (κ3) is 3.60. The highest BCUT2D eigenvalue weighted by atomic mass is 19.4. The Morgan fingerprint density at radius 2 is 2.11 bits per heavy atom. The molecule has 0 fully saturated rings. The van der Waals surface area contributed by atoms with E-state index < -0.39 is 30.7 Å². The second kappa shape index (κ2) is 5.17. The van der Waals surface area contributed by atoms with Gasteiger partial charge in [0.1, 0.15) is 0 Å². The number of ketones is 1. The Morgan fingerprint density at radius 3 is 2.74 bits per heavy atom. The third-order valence-electron chi connectivity index (χ3n) is 2.21. The van der Waals surface area contributed by atoms with Crippen LogP contribution in [0.3, 0.4) is 0 Å². The van der Waals surface area contributed by atoms with Crippen LogP contribution in [0, 0.1) is 0 Å². The molecule has 5 nitrogen and oxygen atoms in total. The fourth-order valence-electron chi connectivity index (χ4n) is 1.30. The molecular formula is C11H8F3N3O2. The molecule has 0 saturated heterocycles. The summed E-state index contributed by atoms with van der Waals surface area (Å²) in [6.45, 7) is 0. The minimum atomic E-state index is -4.39. The fourth-order valence-corrected chi connectivity index (χ4v) is 1.30. The van der Waals surface area contributed by atoms with Crippen LogP contribution in [0.25, 0.3) is 11.5 Å². The van der Waals surface area contributed by atoms with Gasteiger partial charge in [0.25, 0.3) is 5.89 Å². The first kappa shape index (κ1) is 13.2. The lowest BCUT2D eigenvalue weighted by atomic mass is 10.2. The van der Waals surface area contributed by atoms with Crippen molar-refractivity contribution in [1.29, 1.82) is 0 Å². The molecule has 2 heterocycles. The van der Waals surface area contributed by atoms with Gasteiger partial charge in [-0.1, -0.05) is 0 Å². The van der Waals surface area contributed by atoms with Gasteiger partial charge in [0.05, 0.1) is 12.0 Å². The first-order chi connectivity index (χ1) is 8.96. The monoisotopic (exact) mass is 271 g/mol. The van der Waals surface area contributed by atoms with E-state index in [1.165, 1.54) is 12.4 Å². The molecule has 0 aliphatic carbocycles. The van der Waals surface area contributed by atoms with Crippen molar-refractivity contribution in [2.45, 2.75) is 19.0 Å². The molecule has 100 valence electrons. The van der Waals surface area contributed by atoms with Crippen LogP contribution in [0.1, 0.15) is 23.5 Å². The fraction of sp³-hybridized carbons (Fsp3) is 0.273. The maximum Gasteiger partial charge on any atom is 0.389 e. The highest BCUT2D eigenvalue weighted by Crippen LogP contribution is 2.23. The number of hydrogen-bond donors (Lipinski definition) is 0. The van der Waals surface area contributed by atoms with Crippen molar-refractivity contribution in [3.05, 3.63) is 30.4 Å². The molecule has 0 unspecified atom stereocenters. The van der Waals surface area contributed by atoms with Crippen LogP contribution in [0.4, 0.5) is 13.2 Å². The summed E-state index contributed by atoms with van der Waals surface area (Å²) >= 11 is 0. The van der Waals surface area contributed by atoms with E-state index in [4.69, 9.17) is 4.42 Å². The van der Waals surface area contributed by atoms with Gasteiger partial charge in [-0.25, -0.2) is 0 Å². The van der Waals surface area contributed by atoms with Crippen molar-refractivity contribution in [1.82, 2.24) is 15.2 Å². The zero-order valence-corrected chi connectivity index (χ0v) is 9.52. The number of aromatic nitrogens is 3. The number of pyridine rings is 1. The zero-order valence-electron chi connectivity index (χ0n) is 9.52. The normalized spacial score (nSPS) is 11.5. The number of rotatable bonds is 4. The summed E-state index contributed by atoms with van der Waals surface area (Å²) in [5, 5.41) is 7.03. The van der Waals surface area contributed by atoms with Crippen molar-refractivity contribution in [2.24, 2.45) is 0 Å². The highest BCUT2D eigenvalue weighted by Gasteiger charge is 2.29. The van der Waals surface area contributed by atoms with Crippen LogP contribution in [-0.2, 0) is 0 Å². The minimum absolute atomic E-state index is 0.0449. The van der Waals surface area contributed by atoms with E-state index in [1.54, 1.807) is 12.1 Å². The largest absolute Gasteiger partial charge is 0.414 e. The van der Waals surface area contributed by atoms with E-state index in [1.807, 2.05) is 0 Å². The molecule has 0 spiro atoms. The molecule has 8 heteroatoms. The molecule has 2 aromatic rings. The Labute approximate surface area is 105 Å². The smallest absolute Gasteiger partial charge is 0.389 e. The highest BCUT2D eigenvalue weighted by molar-refractivity contribution is 5.91. The van der Waals surface area contributed by atoms with E-state index in [0.717, 1.165) is 0 Å². The van der Waals surface area contributed by atoms with Crippen LogP contribution < -0.4 is 0 Å². The van der Waals surface area contributed by atoms with Gasteiger partial charge >= 0.3 is 6.18 Å². The Morgan fingerprint density at radius 1 is 1.32 bits per heavy atom. The lowest BCUT2D eigenvalue weighted by Crippen LogP contribution is -2.11. The van der Waals surface area contributed by atoms with Crippen molar-refractivity contribution < 1.29 is 22.4 Å². The first-order valence-corrected chi connectivity index (χ1v) is 5.29. The molecule has 0 atom stereocenters. The quantitative estimate of drug-likeness (QED) is 0.799. The number of nitrogens with zero attached hydrogens (tertiary/aromatic N) is 3. The average molecular weight is 271 g/mol. The van der Waals surface area contributed by atoms with Crippen molar-refractivity contribution >= 4 is 5.78 Å². The Balaban J connectivity index is 2.07. The summed E-state index contributed by atoms with van der Waals surface area (Å²) in [5.41, 5.74) is 0.491. The molecule has 0 radical (unpaired) electrons. The first-order valence-electron chi connectivity index (χ1n) is 5.29. The maximum atomic E-state index is 12.0. The predicted molar refractivity (Wildman–Crippen MR) is 57.1 cm³/mol. The molecule has 0 bridgehead atoms. The molecule has 0 N–H and O–H groups in total. The van der Waals surface area contributed by atoms with Gasteiger partial charge in [-0.3, -0.25) is 9.78 Å². The summed E-state index contributed by atoms with van der Waals surface area (Å²) in [6.07, 6.45) is -3.33. The summed E-state index contributed by atoms with van der Waals surface area (Å²) in [5.74, 6) is -1.22. The SMILES string of the molecule is O=C(CCC(F)(F)F)c1nnc(-c2cccnc2)o1. The van der Waals surface area contributed by atoms with E-state index >= 15 is 0 Å². The van der Waals surface area contributed by atoms with Crippen LogP contribution in [0.5, 0.6) is 0 Å². The lowest BCUT2D eigenvalue weighted by molar-refractivity contribution is -0.133. The lowest BCUT2D eigenvalue weighted by Gasteiger charge is -2.02. The summed E-state index contributed by atoms with van der Waals surface area (Å²) in [7, 11) is 0. The molecule has 0 aromatic carbocycles. The number of carbonyl (C=O) groups excluding carboxylic acids is 1. The minimum Gasteiger partial charge on any atom is -0.414 e. The van der Waals surface area contributed by atoms with Gasteiger partial charge in [-0.2, -0.15) is 13.2 Å². The Kier molecular flexibility index (Phi) is 3.59. The second-order valence-electron chi connectivity index (χ2n) is 3.69. The number of halogens is 3. The van der Waals surface area contributed by atoms with Crippen molar-refractivity contribution in [2.75, 3.05) is 0 Å². The third-order valence-corrected chi connectivity index (χ3v) is 2.21. The van der Waals surface area contributed by atoms with Crippen molar-refractivity contribution in [3.63, 3.8) is 0 Å². The molecule has 0 aliphatic heterocycles. The van der Waals surface area contributed by atoms with E-state index in [0.29, 0.717) is 5.56 Å². The molecule has 0 aliphatic rings. The topological polar surface area (TPSA) is 68.9 Å². The number of hydrogen-bond acceptors (Lipinski definition) is 5. The van der Waals surface area contributed by atoms with E-state index in [-0.39, 0.29) is 5.89 Å². The van der Waals surface area contributed by atoms with Gasteiger partial charge < -0.3 is 4.42 Å². The number of carbonyl (C=O) groups is 1. The maximum absolute atomic E-state index is 12.0. The van der Waals surface area contributed by atoms with Gasteiger partial charge in [0.15, 0.2) is 0 Å². The van der Waals surface area contributed by atoms with Crippen LogP contribution >= 0.6 is 0 Å². The Bertz CT molecular complexity index is 566. The molecule has 0 amide bonds. The molecular weight excluding hydrogens is 263 g/mol. The van der Waals surface area contributed by atoms with Crippen LogP contribution in [0.15, 0.2) is 28.9 Å². The van der Waals surface area contributed by atoms with Gasteiger partial charge in [-0.15, -0.1) is 10.2 Å². The Hall–Kier alpha value is -2.25. The van der Waals surface area contributed by atoms with Crippen LogP contribution in [0.2, 0.25) is 0 Å². The van der Waals surface area contributed by atoms with Crippen LogP contribution in [-0.4, -0.2) is 27.1 Å². The van der Waals surface area contributed by atoms with E-state index in [2.05, 4.69) is 15.2 Å². The molecule has 2 rings (SSSR count). The molecule has 19 heavy (non-hydrogen) atoms. The zero-order chi connectivity index (χ0) is 13.9. The predicted octanol–water partition coefficient (Wildman–Crippen LogP) is 2.66. The van der Waals surface area contributed by atoms with E-state index in [9.17, 15) is 18.0 Å². The summed E-state index contributed by atoms with van der Waals surface area (Å²) < 4.78 is 40.9. The molecule has 2 aromatic heterocycles. The number of Topliss-reactive ketones (excluding diaryl/α,β-unsaturated/α-hetero) is 1. The number of alkyl halides is 3.